The molecule has 2 bridgehead atoms. The molecule has 1 aliphatic carbocycles. The van der Waals surface area contributed by atoms with Crippen molar-refractivity contribution in [2.24, 2.45) is 11.3 Å². The number of nitrogens with two attached hydrogens (primary N) is 1. The summed E-state index contributed by atoms with van der Waals surface area (Å²) >= 11 is 0. The quantitative estimate of drug-likeness (QED) is 0.624. The number of piperidine rings is 1. The van der Waals surface area contributed by atoms with Crippen molar-refractivity contribution in [1.82, 2.24) is 4.90 Å². The summed E-state index contributed by atoms with van der Waals surface area (Å²) < 4.78 is 0. The predicted octanol–water partition coefficient (Wildman–Crippen LogP) is 6.09. The van der Waals surface area contributed by atoms with Crippen LogP contribution in [0.15, 0.2) is 24.3 Å². The number of rotatable bonds is 4. The van der Waals surface area contributed by atoms with E-state index in [4.69, 9.17) is 5.73 Å². The average molecular weight is 398 g/mol. The van der Waals surface area contributed by atoms with Gasteiger partial charge in [0.1, 0.15) is 0 Å². The van der Waals surface area contributed by atoms with Crippen molar-refractivity contribution in [1.29, 1.82) is 0 Å². The van der Waals surface area contributed by atoms with E-state index in [9.17, 15) is 0 Å². The van der Waals surface area contributed by atoms with Gasteiger partial charge < -0.3 is 10.6 Å². The Balaban J connectivity index is 1.48. The van der Waals surface area contributed by atoms with Gasteiger partial charge in [0.25, 0.3) is 0 Å². The topological polar surface area (TPSA) is 32.5 Å². The minimum atomic E-state index is 0.217. The van der Waals surface area contributed by atoms with Crippen molar-refractivity contribution in [3.63, 3.8) is 0 Å². The molecule has 3 aliphatic rings. The fourth-order valence-electron chi connectivity index (χ4n) is 7.13. The van der Waals surface area contributed by atoms with E-state index in [-0.39, 0.29) is 5.54 Å². The maximum Gasteiger partial charge on any atom is 0.0604 e. The lowest BCUT2D eigenvalue weighted by molar-refractivity contribution is 0.0169. The van der Waals surface area contributed by atoms with Gasteiger partial charge in [-0.3, -0.25) is 4.90 Å². The maximum absolute atomic E-state index is 6.39. The van der Waals surface area contributed by atoms with Crippen LogP contribution in [0.3, 0.4) is 0 Å². The first kappa shape index (κ1) is 21.0. The molecular formula is C26H43N3. The van der Waals surface area contributed by atoms with Crippen LogP contribution < -0.4 is 10.6 Å². The molecule has 0 aromatic heterocycles. The number of fused-ring (bicyclic) bond motifs is 2. The van der Waals surface area contributed by atoms with Crippen molar-refractivity contribution in [3.8, 4) is 0 Å². The van der Waals surface area contributed by atoms with E-state index in [0.717, 1.165) is 36.3 Å². The highest BCUT2D eigenvalue weighted by atomic mass is 15.3. The second-order valence-corrected chi connectivity index (χ2v) is 11.4. The molecule has 4 rings (SSSR count). The minimum absolute atomic E-state index is 0.217. The van der Waals surface area contributed by atoms with Gasteiger partial charge in [0.15, 0.2) is 0 Å². The van der Waals surface area contributed by atoms with Crippen molar-refractivity contribution in [2.45, 2.75) is 110 Å². The molecule has 0 spiro atoms. The second kappa shape index (κ2) is 7.80. The lowest BCUT2D eigenvalue weighted by Gasteiger charge is -2.54. The molecule has 29 heavy (non-hydrogen) atoms. The molecule has 3 nitrogen and oxygen atoms in total. The summed E-state index contributed by atoms with van der Waals surface area (Å²) in [6, 6.07) is 10.8. The highest BCUT2D eigenvalue weighted by Gasteiger charge is 2.51. The van der Waals surface area contributed by atoms with E-state index in [0.29, 0.717) is 5.41 Å². The largest absolute Gasteiger partial charge is 0.397 e. The molecule has 2 aliphatic heterocycles. The predicted molar refractivity (Wildman–Crippen MR) is 125 cm³/mol. The molecule has 3 atom stereocenters. The maximum atomic E-state index is 6.39. The molecule has 0 unspecified atom stereocenters. The van der Waals surface area contributed by atoms with Crippen LogP contribution >= 0.6 is 0 Å². The second-order valence-electron chi connectivity index (χ2n) is 11.4. The van der Waals surface area contributed by atoms with Crippen LogP contribution in [0, 0.1) is 11.3 Å². The SMILES string of the molecule is CCN(c1ccccc1N)[C@@]1(C)C[C@H]2CC[C@@H](C1)N2[C@H]1CC[C@@H](C(C)(C)C)CC1. The summed E-state index contributed by atoms with van der Waals surface area (Å²) in [7, 11) is 0. The zero-order valence-electron chi connectivity index (χ0n) is 19.5. The molecule has 2 N–H and O–H groups in total. The third-order valence-electron chi connectivity index (χ3n) is 8.57. The molecule has 0 amide bonds. The number of para-hydroxylation sites is 2. The highest BCUT2D eigenvalue weighted by molar-refractivity contribution is 5.68. The van der Waals surface area contributed by atoms with Gasteiger partial charge in [0, 0.05) is 30.2 Å². The lowest BCUT2D eigenvalue weighted by atomic mass is 9.70. The van der Waals surface area contributed by atoms with Gasteiger partial charge in [0.05, 0.1) is 11.4 Å². The Morgan fingerprint density at radius 2 is 1.52 bits per heavy atom. The number of hydrogen-bond acceptors (Lipinski definition) is 3. The van der Waals surface area contributed by atoms with Crippen LogP contribution in [0.2, 0.25) is 0 Å². The molecule has 0 radical (unpaired) electrons. The molecule has 2 heterocycles. The summed E-state index contributed by atoms with van der Waals surface area (Å²) in [5, 5.41) is 0. The fraction of sp³-hybridized carbons (Fsp3) is 0.769. The number of hydrogen-bond donors (Lipinski definition) is 1. The zero-order valence-corrected chi connectivity index (χ0v) is 19.5. The number of nitrogens with zero attached hydrogens (tertiary/aromatic N) is 2. The van der Waals surface area contributed by atoms with Crippen LogP contribution in [-0.2, 0) is 0 Å². The number of anilines is 2. The Morgan fingerprint density at radius 1 is 0.966 bits per heavy atom. The first-order valence-corrected chi connectivity index (χ1v) is 12.1. The van der Waals surface area contributed by atoms with E-state index < -0.39 is 0 Å². The van der Waals surface area contributed by atoms with E-state index in [1.54, 1.807) is 0 Å². The Kier molecular flexibility index (Phi) is 5.65. The van der Waals surface area contributed by atoms with Gasteiger partial charge in [-0.25, -0.2) is 0 Å². The van der Waals surface area contributed by atoms with Crippen molar-refractivity contribution >= 4 is 11.4 Å². The van der Waals surface area contributed by atoms with Gasteiger partial charge >= 0.3 is 0 Å². The average Bonchev–Trinajstić information content (AvgIpc) is 2.95. The molecule has 1 saturated carbocycles. The monoisotopic (exact) mass is 397 g/mol. The van der Waals surface area contributed by atoms with Crippen LogP contribution in [0.25, 0.3) is 0 Å². The van der Waals surface area contributed by atoms with Crippen LogP contribution in [0.4, 0.5) is 11.4 Å². The van der Waals surface area contributed by atoms with Gasteiger partial charge in [-0.15, -0.1) is 0 Å². The Bertz CT molecular complexity index is 684. The fourth-order valence-corrected chi connectivity index (χ4v) is 7.13. The van der Waals surface area contributed by atoms with Crippen LogP contribution in [-0.4, -0.2) is 35.1 Å². The van der Waals surface area contributed by atoms with Gasteiger partial charge in [0.2, 0.25) is 0 Å². The van der Waals surface area contributed by atoms with E-state index >= 15 is 0 Å². The Hall–Kier alpha value is -1.22. The molecule has 2 saturated heterocycles. The third kappa shape index (κ3) is 3.92. The Labute approximate surface area is 179 Å². The lowest BCUT2D eigenvalue weighted by Crippen LogP contribution is -2.60. The van der Waals surface area contributed by atoms with Crippen LogP contribution in [0.1, 0.15) is 86.0 Å². The summed E-state index contributed by atoms with van der Waals surface area (Å²) in [6.07, 6.45) is 11.0. The van der Waals surface area contributed by atoms with E-state index in [1.165, 1.54) is 57.1 Å². The standard InChI is InChI=1S/C26H43N3/c1-6-28(24-10-8-7-9-23(24)27)26(5)17-21-15-16-22(18-26)29(21)20-13-11-19(12-14-20)25(2,3)4/h7-10,19-22H,6,11-18,27H2,1-5H3/t19-,20+,21-,22+,26+. The first-order chi connectivity index (χ1) is 13.7. The highest BCUT2D eigenvalue weighted by Crippen LogP contribution is 2.49. The van der Waals surface area contributed by atoms with Crippen molar-refractivity contribution in [3.05, 3.63) is 24.3 Å². The summed E-state index contributed by atoms with van der Waals surface area (Å²) in [5.41, 5.74) is 9.23. The molecule has 1 aromatic carbocycles. The normalized spacial score (nSPS) is 35.6. The molecular weight excluding hydrogens is 354 g/mol. The molecule has 162 valence electrons. The van der Waals surface area contributed by atoms with Crippen molar-refractivity contribution < 1.29 is 0 Å². The Morgan fingerprint density at radius 3 is 2.03 bits per heavy atom. The molecule has 3 fully saturated rings. The number of benzene rings is 1. The van der Waals surface area contributed by atoms with E-state index in [2.05, 4.69) is 68.7 Å². The first-order valence-electron chi connectivity index (χ1n) is 12.1. The zero-order chi connectivity index (χ0) is 20.8. The minimum Gasteiger partial charge on any atom is -0.397 e. The number of nitrogen functional groups attached to an aromatic ring is 1. The van der Waals surface area contributed by atoms with Crippen molar-refractivity contribution in [2.75, 3.05) is 17.2 Å². The summed E-state index contributed by atoms with van der Waals surface area (Å²) in [4.78, 5) is 5.60. The molecule has 1 aromatic rings. The van der Waals surface area contributed by atoms with Gasteiger partial charge in [-0.2, -0.15) is 0 Å². The summed E-state index contributed by atoms with van der Waals surface area (Å²) in [5.74, 6) is 0.906. The van der Waals surface area contributed by atoms with Crippen LogP contribution in [0.5, 0.6) is 0 Å². The third-order valence-corrected chi connectivity index (χ3v) is 8.57. The smallest absolute Gasteiger partial charge is 0.0604 e. The van der Waals surface area contributed by atoms with Gasteiger partial charge in [-0.1, -0.05) is 32.9 Å². The summed E-state index contributed by atoms with van der Waals surface area (Å²) in [6.45, 7) is 13.1. The molecule has 3 heteroatoms. The van der Waals surface area contributed by atoms with E-state index in [1.807, 2.05) is 0 Å². The van der Waals surface area contributed by atoms with Gasteiger partial charge in [-0.05, 0) is 88.7 Å².